The first-order valence-corrected chi connectivity index (χ1v) is 12.1. The molecule has 3 rings (SSSR count). The van der Waals surface area contributed by atoms with Gasteiger partial charge in [-0.1, -0.05) is 31.4 Å². The molecule has 1 aliphatic carbocycles. The summed E-state index contributed by atoms with van der Waals surface area (Å²) >= 11 is 0. The molecular formula is C21H33N3O4S. The molecule has 29 heavy (non-hydrogen) atoms. The number of benzene rings is 1. The van der Waals surface area contributed by atoms with Crippen LogP contribution in [-0.4, -0.2) is 76.0 Å². The molecule has 162 valence electrons. The number of hydrogen-bond acceptors (Lipinski definition) is 5. The molecule has 0 atom stereocenters. The molecule has 0 radical (unpaired) electrons. The van der Waals surface area contributed by atoms with Crippen LogP contribution >= 0.6 is 0 Å². The maximum Gasteiger partial charge on any atom is 0.252 e. The van der Waals surface area contributed by atoms with E-state index in [-0.39, 0.29) is 16.4 Å². The predicted octanol–water partition coefficient (Wildman–Crippen LogP) is 2.09. The van der Waals surface area contributed by atoms with Gasteiger partial charge in [-0.05, 0) is 45.0 Å². The molecular weight excluding hydrogens is 390 g/mol. The summed E-state index contributed by atoms with van der Waals surface area (Å²) in [6.07, 6.45) is 7.32. The second kappa shape index (κ2) is 10.5. The Morgan fingerprint density at radius 2 is 1.86 bits per heavy atom. The molecule has 1 heterocycles. The average molecular weight is 424 g/mol. The van der Waals surface area contributed by atoms with Gasteiger partial charge in [0.25, 0.3) is 5.91 Å². The second-order valence-corrected chi connectivity index (χ2v) is 9.80. The zero-order valence-electron chi connectivity index (χ0n) is 17.3. The number of ether oxygens (including phenoxy) is 1. The van der Waals surface area contributed by atoms with E-state index < -0.39 is 10.0 Å². The van der Waals surface area contributed by atoms with E-state index in [9.17, 15) is 13.2 Å². The first-order chi connectivity index (χ1) is 14.0. The number of nitrogens with one attached hydrogen (secondary N) is 1. The number of carbonyl (C=O) groups is 1. The Balaban J connectivity index is 1.55. The van der Waals surface area contributed by atoms with Crippen molar-refractivity contribution in [1.29, 1.82) is 0 Å². The smallest absolute Gasteiger partial charge is 0.252 e. The molecule has 2 aliphatic rings. The summed E-state index contributed by atoms with van der Waals surface area (Å²) in [5, 5.41) is 2.90. The fourth-order valence-corrected chi connectivity index (χ4v) is 5.73. The lowest BCUT2D eigenvalue weighted by Gasteiger charge is -2.31. The van der Waals surface area contributed by atoms with Crippen molar-refractivity contribution in [2.75, 3.05) is 46.4 Å². The number of hydrogen-bond donors (Lipinski definition) is 1. The van der Waals surface area contributed by atoms with Crippen LogP contribution in [0.15, 0.2) is 29.2 Å². The topological polar surface area (TPSA) is 79.0 Å². The standard InChI is InChI=1S/C21H33N3O4S/c1-23(18-8-3-2-4-9-18)13-7-12-22-21(25)19-10-5-6-11-20(19)29(26,27)24-14-16-28-17-15-24/h5-6,10-11,18H,2-4,7-9,12-17H2,1H3,(H,22,25). The van der Waals surface area contributed by atoms with Crippen molar-refractivity contribution < 1.29 is 17.9 Å². The van der Waals surface area contributed by atoms with E-state index in [2.05, 4.69) is 17.3 Å². The molecule has 0 unspecified atom stereocenters. The van der Waals surface area contributed by atoms with Crippen LogP contribution < -0.4 is 5.32 Å². The number of rotatable bonds is 8. The Hall–Kier alpha value is -1.48. The molecule has 1 saturated carbocycles. The third kappa shape index (κ3) is 5.78. The van der Waals surface area contributed by atoms with Crippen molar-refractivity contribution >= 4 is 15.9 Å². The van der Waals surface area contributed by atoms with E-state index in [1.54, 1.807) is 18.2 Å². The molecule has 1 saturated heterocycles. The van der Waals surface area contributed by atoms with Gasteiger partial charge in [-0.2, -0.15) is 4.31 Å². The molecule has 7 nitrogen and oxygen atoms in total. The molecule has 1 amide bonds. The monoisotopic (exact) mass is 423 g/mol. The summed E-state index contributed by atoms with van der Waals surface area (Å²) < 4.78 is 32.6. The quantitative estimate of drug-likeness (QED) is 0.648. The third-order valence-electron chi connectivity index (χ3n) is 5.89. The van der Waals surface area contributed by atoms with Crippen LogP contribution in [0.25, 0.3) is 0 Å². The maximum absolute atomic E-state index is 13.0. The molecule has 1 aromatic rings. The minimum absolute atomic E-state index is 0.0683. The van der Waals surface area contributed by atoms with Crippen LogP contribution in [0.4, 0.5) is 0 Å². The zero-order chi connectivity index (χ0) is 20.7. The van der Waals surface area contributed by atoms with E-state index in [1.807, 2.05) is 0 Å². The van der Waals surface area contributed by atoms with Crippen molar-refractivity contribution in [2.24, 2.45) is 0 Å². The summed E-state index contributed by atoms with van der Waals surface area (Å²) in [4.78, 5) is 15.2. The van der Waals surface area contributed by atoms with Crippen LogP contribution in [0.3, 0.4) is 0 Å². The highest BCUT2D eigenvalue weighted by Crippen LogP contribution is 2.22. The predicted molar refractivity (Wildman–Crippen MR) is 112 cm³/mol. The molecule has 1 aromatic carbocycles. The van der Waals surface area contributed by atoms with Gasteiger partial charge in [0.1, 0.15) is 0 Å². The number of nitrogens with zero attached hydrogens (tertiary/aromatic N) is 2. The Labute approximate surface area is 174 Å². The number of amides is 1. The van der Waals surface area contributed by atoms with Crippen molar-refractivity contribution in [3.63, 3.8) is 0 Å². The molecule has 1 N–H and O–H groups in total. The minimum atomic E-state index is -3.71. The number of carbonyl (C=O) groups excluding carboxylic acids is 1. The zero-order valence-corrected chi connectivity index (χ0v) is 18.1. The Morgan fingerprint density at radius 1 is 1.17 bits per heavy atom. The van der Waals surface area contributed by atoms with E-state index >= 15 is 0 Å². The van der Waals surface area contributed by atoms with Gasteiger partial charge in [-0.25, -0.2) is 8.42 Å². The first kappa shape index (κ1) is 22.2. The van der Waals surface area contributed by atoms with Crippen molar-refractivity contribution in [3.8, 4) is 0 Å². The Morgan fingerprint density at radius 3 is 2.59 bits per heavy atom. The van der Waals surface area contributed by atoms with E-state index in [4.69, 9.17) is 4.74 Å². The molecule has 0 bridgehead atoms. The maximum atomic E-state index is 13.0. The largest absolute Gasteiger partial charge is 0.379 e. The average Bonchev–Trinajstić information content (AvgIpc) is 2.77. The molecule has 0 spiro atoms. The van der Waals surface area contributed by atoms with Gasteiger partial charge in [0.15, 0.2) is 0 Å². The summed E-state index contributed by atoms with van der Waals surface area (Å²) in [5.41, 5.74) is 0.208. The van der Waals surface area contributed by atoms with Gasteiger partial charge in [0, 0.05) is 25.7 Å². The van der Waals surface area contributed by atoms with Gasteiger partial charge < -0.3 is 15.0 Å². The molecule has 2 fully saturated rings. The van der Waals surface area contributed by atoms with Crippen molar-refractivity contribution in [1.82, 2.24) is 14.5 Å². The summed E-state index contributed by atoms with van der Waals surface area (Å²) in [6, 6.07) is 7.10. The highest BCUT2D eigenvalue weighted by atomic mass is 32.2. The highest BCUT2D eigenvalue weighted by molar-refractivity contribution is 7.89. The second-order valence-electron chi connectivity index (χ2n) is 7.89. The fourth-order valence-electron chi connectivity index (χ4n) is 4.14. The molecule has 8 heteroatoms. The Bertz CT molecular complexity index is 772. The molecule has 0 aromatic heterocycles. The number of morpholine rings is 1. The summed E-state index contributed by atoms with van der Waals surface area (Å²) in [7, 11) is -1.56. The van der Waals surface area contributed by atoms with Gasteiger partial charge in [0.05, 0.1) is 23.7 Å². The minimum Gasteiger partial charge on any atom is -0.379 e. The van der Waals surface area contributed by atoms with Crippen LogP contribution in [0.1, 0.15) is 48.9 Å². The summed E-state index contributed by atoms with van der Waals surface area (Å²) in [5.74, 6) is -0.335. The van der Waals surface area contributed by atoms with Gasteiger partial charge in [-0.3, -0.25) is 4.79 Å². The SMILES string of the molecule is CN(CCCNC(=O)c1ccccc1S(=O)(=O)N1CCOCC1)C1CCCCC1. The normalized spacial score (nSPS) is 19.4. The van der Waals surface area contributed by atoms with Gasteiger partial charge >= 0.3 is 0 Å². The lowest BCUT2D eigenvalue weighted by molar-refractivity contribution is 0.0730. The van der Waals surface area contributed by atoms with Gasteiger partial charge in [0.2, 0.25) is 10.0 Å². The first-order valence-electron chi connectivity index (χ1n) is 10.7. The van der Waals surface area contributed by atoms with Crippen molar-refractivity contribution in [2.45, 2.75) is 49.5 Å². The van der Waals surface area contributed by atoms with Crippen LogP contribution in [-0.2, 0) is 14.8 Å². The highest BCUT2D eigenvalue weighted by Gasteiger charge is 2.30. The fraction of sp³-hybridized carbons (Fsp3) is 0.667. The van der Waals surface area contributed by atoms with E-state index in [0.29, 0.717) is 38.9 Å². The molecule has 1 aliphatic heterocycles. The lowest BCUT2D eigenvalue weighted by Crippen LogP contribution is -2.41. The van der Waals surface area contributed by atoms with Crippen LogP contribution in [0, 0.1) is 0 Å². The van der Waals surface area contributed by atoms with Crippen LogP contribution in [0.2, 0.25) is 0 Å². The Kier molecular flexibility index (Phi) is 8.06. The number of sulfonamides is 1. The van der Waals surface area contributed by atoms with E-state index in [1.165, 1.54) is 42.5 Å². The van der Waals surface area contributed by atoms with E-state index in [0.717, 1.165) is 13.0 Å². The van der Waals surface area contributed by atoms with Crippen LogP contribution in [0.5, 0.6) is 0 Å². The van der Waals surface area contributed by atoms with Gasteiger partial charge in [-0.15, -0.1) is 0 Å². The third-order valence-corrected chi connectivity index (χ3v) is 7.85. The summed E-state index contributed by atoms with van der Waals surface area (Å²) in [6.45, 7) is 2.84. The lowest BCUT2D eigenvalue weighted by atomic mass is 9.94. The van der Waals surface area contributed by atoms with Crippen molar-refractivity contribution in [3.05, 3.63) is 29.8 Å².